The van der Waals surface area contributed by atoms with Crippen molar-refractivity contribution in [2.45, 2.75) is 40.0 Å². The Hall–Kier alpha value is -3.89. The Balaban J connectivity index is 1.51. The van der Waals surface area contributed by atoms with Gasteiger partial charge in [0.25, 0.3) is 11.4 Å². The summed E-state index contributed by atoms with van der Waals surface area (Å²) < 4.78 is 14.8. The zero-order valence-electron chi connectivity index (χ0n) is 22.5. The first-order chi connectivity index (χ1) is 18.6. The van der Waals surface area contributed by atoms with Crippen molar-refractivity contribution in [1.82, 2.24) is 19.6 Å². The average Bonchev–Trinajstić information content (AvgIpc) is 3.43. The van der Waals surface area contributed by atoms with E-state index in [-0.39, 0.29) is 29.5 Å². The molecule has 0 saturated carbocycles. The minimum absolute atomic E-state index is 0.119. The Labute approximate surface area is 231 Å². The molecule has 2 heterocycles. The highest BCUT2D eigenvalue weighted by Gasteiger charge is 2.28. The highest BCUT2D eigenvalue weighted by atomic mass is 35.5. The SMILES string of the molecule is CCOc1ccc(Cl)cc1-c1nnc(CC(C)(C)CC(=O)Nc2c(CCN)n(C)n(-c3ccccc3)c2=O)o1. The Morgan fingerprint density at radius 3 is 2.62 bits per heavy atom. The lowest BCUT2D eigenvalue weighted by molar-refractivity contribution is -0.118. The smallest absolute Gasteiger partial charge is 0.295 e. The third kappa shape index (κ3) is 6.40. The van der Waals surface area contributed by atoms with Gasteiger partial charge in [-0.1, -0.05) is 43.6 Å². The summed E-state index contributed by atoms with van der Waals surface area (Å²) in [5.41, 5.74) is 7.15. The summed E-state index contributed by atoms with van der Waals surface area (Å²) >= 11 is 6.17. The zero-order valence-corrected chi connectivity index (χ0v) is 23.3. The van der Waals surface area contributed by atoms with Crippen LogP contribution in [0.3, 0.4) is 0 Å². The largest absolute Gasteiger partial charge is 0.493 e. The molecule has 0 aliphatic carbocycles. The molecule has 0 bridgehead atoms. The summed E-state index contributed by atoms with van der Waals surface area (Å²) in [5, 5.41) is 11.7. The minimum atomic E-state index is -0.549. The molecule has 0 aliphatic rings. The van der Waals surface area contributed by atoms with Crippen molar-refractivity contribution in [3.8, 4) is 22.9 Å². The second kappa shape index (κ2) is 11.9. The summed E-state index contributed by atoms with van der Waals surface area (Å²) in [7, 11) is 1.78. The monoisotopic (exact) mass is 552 g/mol. The second-order valence-corrected chi connectivity index (χ2v) is 10.4. The molecule has 0 radical (unpaired) electrons. The number of nitrogens with one attached hydrogen (secondary N) is 1. The van der Waals surface area contributed by atoms with Gasteiger partial charge in [-0.15, -0.1) is 10.2 Å². The molecule has 4 rings (SSSR count). The van der Waals surface area contributed by atoms with E-state index in [0.717, 1.165) is 0 Å². The number of para-hydroxylation sites is 1. The Morgan fingerprint density at radius 1 is 1.18 bits per heavy atom. The van der Waals surface area contributed by atoms with Crippen LogP contribution in [0.2, 0.25) is 5.02 Å². The van der Waals surface area contributed by atoms with E-state index in [1.165, 1.54) is 4.68 Å². The summed E-state index contributed by atoms with van der Waals surface area (Å²) in [6.45, 7) is 6.54. The summed E-state index contributed by atoms with van der Waals surface area (Å²) in [5.74, 6) is 0.955. The molecule has 0 saturated heterocycles. The number of carbonyl (C=O) groups excluding carboxylic acids is 1. The minimum Gasteiger partial charge on any atom is -0.493 e. The average molecular weight is 553 g/mol. The maximum atomic E-state index is 13.3. The molecule has 39 heavy (non-hydrogen) atoms. The van der Waals surface area contributed by atoms with Gasteiger partial charge in [-0.25, -0.2) is 4.68 Å². The molecule has 10 nitrogen and oxygen atoms in total. The molecule has 0 spiro atoms. The van der Waals surface area contributed by atoms with Gasteiger partial charge >= 0.3 is 0 Å². The summed E-state index contributed by atoms with van der Waals surface area (Å²) in [6, 6.07) is 14.5. The number of amides is 1. The second-order valence-electron chi connectivity index (χ2n) is 9.98. The number of nitrogens with two attached hydrogens (primary N) is 1. The van der Waals surface area contributed by atoms with Crippen LogP contribution in [0.15, 0.2) is 57.7 Å². The normalized spacial score (nSPS) is 11.5. The van der Waals surface area contributed by atoms with Crippen LogP contribution in [-0.4, -0.2) is 38.6 Å². The van der Waals surface area contributed by atoms with Gasteiger partial charge in [0.1, 0.15) is 11.4 Å². The van der Waals surface area contributed by atoms with E-state index in [0.29, 0.717) is 59.6 Å². The molecule has 0 fully saturated rings. The number of nitrogens with zero attached hydrogens (tertiary/aromatic N) is 4. The fourth-order valence-corrected chi connectivity index (χ4v) is 4.70. The summed E-state index contributed by atoms with van der Waals surface area (Å²) in [4.78, 5) is 26.5. The molecule has 0 atom stereocenters. The highest BCUT2D eigenvalue weighted by molar-refractivity contribution is 6.30. The van der Waals surface area contributed by atoms with Crippen molar-refractivity contribution in [2.24, 2.45) is 18.2 Å². The standard InChI is InChI=1S/C28H33ClN6O4/c1-5-38-22-12-11-18(29)15-20(22)26-33-32-24(39-26)17-28(2,3)16-23(36)31-25-21(13-14-30)34(4)35(27(25)37)19-9-7-6-8-10-19/h6-12,15H,5,13-14,16-17,30H2,1-4H3,(H,31,36). The van der Waals surface area contributed by atoms with Crippen molar-refractivity contribution < 1.29 is 13.9 Å². The van der Waals surface area contributed by atoms with Crippen molar-refractivity contribution in [3.63, 3.8) is 0 Å². The van der Waals surface area contributed by atoms with Crippen LogP contribution in [0.1, 0.15) is 38.8 Å². The lowest BCUT2D eigenvalue weighted by Gasteiger charge is -2.21. The van der Waals surface area contributed by atoms with E-state index in [4.69, 9.17) is 26.5 Å². The third-order valence-corrected chi connectivity index (χ3v) is 6.47. The number of hydrogen-bond acceptors (Lipinski definition) is 7. The molecule has 3 N–H and O–H groups in total. The number of hydrogen-bond donors (Lipinski definition) is 2. The first kappa shape index (κ1) is 28.1. The molecule has 0 unspecified atom stereocenters. The number of benzene rings is 2. The number of anilines is 1. The van der Waals surface area contributed by atoms with Crippen LogP contribution in [0.4, 0.5) is 5.69 Å². The van der Waals surface area contributed by atoms with Gasteiger partial charge in [0, 0.05) is 31.3 Å². The number of halogens is 1. The van der Waals surface area contributed by atoms with Crippen LogP contribution >= 0.6 is 11.6 Å². The van der Waals surface area contributed by atoms with Crippen molar-refractivity contribution in [2.75, 3.05) is 18.5 Å². The summed E-state index contributed by atoms with van der Waals surface area (Å²) in [6.07, 6.45) is 0.896. The molecular formula is C28H33ClN6O4. The molecule has 11 heteroatoms. The van der Waals surface area contributed by atoms with Gasteiger partial charge in [0.15, 0.2) is 0 Å². The fourth-order valence-electron chi connectivity index (χ4n) is 4.53. The van der Waals surface area contributed by atoms with Crippen molar-refractivity contribution in [1.29, 1.82) is 0 Å². The lowest BCUT2D eigenvalue weighted by atomic mass is 9.85. The lowest BCUT2D eigenvalue weighted by Crippen LogP contribution is -2.27. The molecular weight excluding hydrogens is 520 g/mol. The van der Waals surface area contributed by atoms with E-state index in [1.807, 2.05) is 51.1 Å². The maximum absolute atomic E-state index is 13.3. The van der Waals surface area contributed by atoms with E-state index >= 15 is 0 Å². The van der Waals surface area contributed by atoms with Gasteiger partial charge in [-0.2, -0.15) is 0 Å². The van der Waals surface area contributed by atoms with Crippen LogP contribution < -0.4 is 21.3 Å². The first-order valence-electron chi connectivity index (χ1n) is 12.7. The predicted molar refractivity (Wildman–Crippen MR) is 150 cm³/mol. The number of rotatable bonds is 11. The zero-order chi connectivity index (χ0) is 28.2. The third-order valence-electron chi connectivity index (χ3n) is 6.24. The fraction of sp³-hybridized carbons (Fsp3) is 0.357. The molecule has 2 aromatic heterocycles. The Morgan fingerprint density at radius 2 is 1.92 bits per heavy atom. The number of aromatic nitrogens is 4. The van der Waals surface area contributed by atoms with Gasteiger partial charge in [-0.3, -0.25) is 14.3 Å². The van der Waals surface area contributed by atoms with Gasteiger partial charge in [0.2, 0.25) is 11.8 Å². The van der Waals surface area contributed by atoms with Crippen LogP contribution in [0.25, 0.3) is 17.1 Å². The quantitative estimate of drug-likeness (QED) is 0.282. The molecule has 1 amide bonds. The highest BCUT2D eigenvalue weighted by Crippen LogP contribution is 2.33. The van der Waals surface area contributed by atoms with E-state index in [9.17, 15) is 9.59 Å². The first-order valence-corrected chi connectivity index (χ1v) is 13.1. The molecule has 0 aliphatic heterocycles. The number of carbonyl (C=O) groups is 1. The van der Waals surface area contributed by atoms with E-state index in [1.54, 1.807) is 29.9 Å². The van der Waals surface area contributed by atoms with Gasteiger partial charge in [0.05, 0.1) is 23.6 Å². The van der Waals surface area contributed by atoms with Gasteiger partial charge in [-0.05, 0) is 49.2 Å². The van der Waals surface area contributed by atoms with Crippen LogP contribution in [0.5, 0.6) is 5.75 Å². The van der Waals surface area contributed by atoms with Crippen molar-refractivity contribution in [3.05, 3.63) is 75.5 Å². The van der Waals surface area contributed by atoms with Crippen LogP contribution in [0, 0.1) is 5.41 Å². The Kier molecular flexibility index (Phi) is 8.57. The molecule has 4 aromatic rings. The van der Waals surface area contributed by atoms with Crippen molar-refractivity contribution >= 4 is 23.2 Å². The van der Waals surface area contributed by atoms with E-state index < -0.39 is 5.41 Å². The molecule has 206 valence electrons. The molecule has 2 aromatic carbocycles. The van der Waals surface area contributed by atoms with Gasteiger partial charge < -0.3 is 20.2 Å². The Bertz CT molecular complexity index is 1510. The topological polar surface area (TPSA) is 130 Å². The predicted octanol–water partition coefficient (Wildman–Crippen LogP) is 4.38. The number of ether oxygens (including phenoxy) is 1. The maximum Gasteiger partial charge on any atom is 0.295 e. The van der Waals surface area contributed by atoms with Crippen LogP contribution in [-0.2, 0) is 24.7 Å². The van der Waals surface area contributed by atoms with E-state index in [2.05, 4.69) is 15.5 Å².